The van der Waals surface area contributed by atoms with Crippen LogP contribution in [0.1, 0.15) is 27.7 Å². The predicted octanol–water partition coefficient (Wildman–Crippen LogP) is 4.03. The van der Waals surface area contributed by atoms with Gasteiger partial charge in [0, 0.05) is 24.0 Å². The molecule has 0 aromatic heterocycles. The second-order valence-electron chi connectivity index (χ2n) is 4.56. The largest absolute Gasteiger partial charge is 0.367 e. The summed E-state index contributed by atoms with van der Waals surface area (Å²) in [6.07, 6.45) is 2.28. The average Bonchev–Trinajstić information content (AvgIpc) is 2.27. The van der Waals surface area contributed by atoms with Gasteiger partial charge in [-0.3, -0.25) is 0 Å². The van der Waals surface area contributed by atoms with Crippen LogP contribution in [0.4, 0.5) is 8.78 Å². The summed E-state index contributed by atoms with van der Waals surface area (Å²) in [5, 5.41) is 0. The van der Waals surface area contributed by atoms with Crippen LogP contribution in [0, 0.1) is 35.5 Å². The Morgan fingerprint density at radius 2 is 1.26 bits per heavy atom. The van der Waals surface area contributed by atoms with Gasteiger partial charge in [0.25, 0.3) is 0 Å². The van der Waals surface area contributed by atoms with Crippen LogP contribution in [0.25, 0.3) is 0 Å². The van der Waals surface area contributed by atoms with Crippen molar-refractivity contribution in [2.75, 3.05) is 13.2 Å². The second kappa shape index (κ2) is 10.4. The highest BCUT2D eigenvalue weighted by atomic mass is 19.1. The molecule has 0 radical (unpaired) electrons. The average molecular weight is 266 g/mol. The SMILES string of the molecule is CC(C)C#CC=C(F)COCC(F)=CC#CC(C)C. The van der Waals surface area contributed by atoms with Crippen molar-refractivity contribution in [3.63, 3.8) is 0 Å². The molecule has 19 heavy (non-hydrogen) atoms. The minimum absolute atomic E-state index is 0.185. The minimum Gasteiger partial charge on any atom is -0.367 e. The van der Waals surface area contributed by atoms with Crippen molar-refractivity contribution in [3.05, 3.63) is 23.8 Å². The van der Waals surface area contributed by atoms with E-state index in [0.717, 1.165) is 12.2 Å². The van der Waals surface area contributed by atoms with E-state index in [-0.39, 0.29) is 25.0 Å². The number of rotatable bonds is 4. The molecule has 0 unspecified atom stereocenters. The predicted molar refractivity (Wildman–Crippen MR) is 74.4 cm³/mol. The van der Waals surface area contributed by atoms with Gasteiger partial charge >= 0.3 is 0 Å². The summed E-state index contributed by atoms with van der Waals surface area (Å²) >= 11 is 0. The first-order valence-electron chi connectivity index (χ1n) is 6.20. The molecule has 0 saturated carbocycles. The van der Waals surface area contributed by atoms with E-state index in [2.05, 4.69) is 23.7 Å². The first kappa shape index (κ1) is 17.4. The Morgan fingerprint density at radius 1 is 0.895 bits per heavy atom. The standard InChI is InChI=1S/C16H20F2O/c1-13(2)7-5-9-15(17)11-19-12-16(18)10-6-8-14(3)4/h9-10,13-14H,11-12H2,1-4H3. The summed E-state index contributed by atoms with van der Waals surface area (Å²) in [7, 11) is 0. The molecule has 0 spiro atoms. The van der Waals surface area contributed by atoms with E-state index in [0.29, 0.717) is 0 Å². The molecule has 104 valence electrons. The fourth-order valence-corrected chi connectivity index (χ4v) is 0.903. The van der Waals surface area contributed by atoms with Gasteiger partial charge in [0.05, 0.1) is 13.2 Å². The fourth-order valence-electron chi connectivity index (χ4n) is 0.903. The highest BCUT2D eigenvalue weighted by Crippen LogP contribution is 2.01. The molecule has 0 aliphatic rings. The highest BCUT2D eigenvalue weighted by molar-refractivity contribution is 5.20. The molecule has 3 heteroatoms. The van der Waals surface area contributed by atoms with Gasteiger partial charge in [-0.1, -0.05) is 51.4 Å². The second-order valence-corrected chi connectivity index (χ2v) is 4.56. The third kappa shape index (κ3) is 12.7. The van der Waals surface area contributed by atoms with E-state index < -0.39 is 11.7 Å². The van der Waals surface area contributed by atoms with E-state index in [9.17, 15) is 8.78 Å². The monoisotopic (exact) mass is 266 g/mol. The Balaban J connectivity index is 4.05. The lowest BCUT2D eigenvalue weighted by molar-refractivity contribution is 0.151. The van der Waals surface area contributed by atoms with Gasteiger partial charge < -0.3 is 4.74 Å². The van der Waals surface area contributed by atoms with E-state index >= 15 is 0 Å². The van der Waals surface area contributed by atoms with Gasteiger partial charge in [-0.2, -0.15) is 0 Å². The molecule has 0 heterocycles. The smallest absolute Gasteiger partial charge is 0.134 e. The molecule has 0 aliphatic carbocycles. The van der Waals surface area contributed by atoms with E-state index in [1.807, 2.05) is 27.7 Å². The molecule has 0 rings (SSSR count). The van der Waals surface area contributed by atoms with Crippen molar-refractivity contribution in [3.8, 4) is 23.7 Å². The van der Waals surface area contributed by atoms with E-state index in [1.165, 1.54) is 0 Å². The van der Waals surface area contributed by atoms with Crippen LogP contribution < -0.4 is 0 Å². The maximum absolute atomic E-state index is 13.1. The zero-order chi connectivity index (χ0) is 14.7. The molecule has 0 bridgehead atoms. The molecular formula is C16H20F2O. The molecule has 0 aromatic carbocycles. The van der Waals surface area contributed by atoms with Crippen LogP contribution in [-0.4, -0.2) is 13.2 Å². The first-order valence-corrected chi connectivity index (χ1v) is 6.20. The summed E-state index contributed by atoms with van der Waals surface area (Å²) < 4.78 is 31.1. The maximum atomic E-state index is 13.1. The fraction of sp³-hybridized carbons (Fsp3) is 0.500. The van der Waals surface area contributed by atoms with Crippen molar-refractivity contribution < 1.29 is 13.5 Å². The molecule has 0 N–H and O–H groups in total. The van der Waals surface area contributed by atoms with Crippen LogP contribution >= 0.6 is 0 Å². The zero-order valence-corrected chi connectivity index (χ0v) is 11.9. The van der Waals surface area contributed by atoms with Crippen molar-refractivity contribution in [1.29, 1.82) is 0 Å². The topological polar surface area (TPSA) is 9.23 Å². The lowest BCUT2D eigenvalue weighted by Gasteiger charge is -1.98. The van der Waals surface area contributed by atoms with Crippen LogP contribution in [0.5, 0.6) is 0 Å². The van der Waals surface area contributed by atoms with Gasteiger partial charge in [-0.25, -0.2) is 8.78 Å². The third-order valence-corrected chi connectivity index (χ3v) is 1.68. The molecule has 0 amide bonds. The molecule has 1 nitrogen and oxygen atoms in total. The van der Waals surface area contributed by atoms with Crippen molar-refractivity contribution >= 4 is 0 Å². The number of hydrogen-bond donors (Lipinski definition) is 0. The summed E-state index contributed by atoms with van der Waals surface area (Å²) in [6.45, 7) is 7.07. The molecule has 0 aliphatic heterocycles. The highest BCUT2D eigenvalue weighted by Gasteiger charge is 1.97. The van der Waals surface area contributed by atoms with Crippen LogP contribution in [0.15, 0.2) is 23.8 Å². The van der Waals surface area contributed by atoms with Crippen molar-refractivity contribution in [2.24, 2.45) is 11.8 Å². The third-order valence-electron chi connectivity index (χ3n) is 1.68. The first-order chi connectivity index (χ1) is 8.91. The van der Waals surface area contributed by atoms with Crippen molar-refractivity contribution in [2.45, 2.75) is 27.7 Å². The summed E-state index contributed by atoms with van der Waals surface area (Å²) in [5.41, 5.74) is 0. The quantitative estimate of drug-likeness (QED) is 0.698. The Labute approximate surface area is 114 Å². The van der Waals surface area contributed by atoms with Gasteiger partial charge in [-0.15, -0.1) is 0 Å². The Bertz CT molecular complexity index is 395. The Hall–Kier alpha value is -1.58. The molecule has 0 fully saturated rings. The van der Waals surface area contributed by atoms with Crippen LogP contribution in [0.2, 0.25) is 0 Å². The van der Waals surface area contributed by atoms with Gasteiger partial charge in [0.2, 0.25) is 0 Å². The molecular weight excluding hydrogens is 246 g/mol. The van der Waals surface area contributed by atoms with Crippen molar-refractivity contribution in [1.82, 2.24) is 0 Å². The number of allylic oxidation sites excluding steroid dienone is 2. The molecule has 0 aromatic rings. The van der Waals surface area contributed by atoms with E-state index in [4.69, 9.17) is 4.74 Å². The van der Waals surface area contributed by atoms with Crippen LogP contribution in [0.3, 0.4) is 0 Å². The number of hydrogen-bond acceptors (Lipinski definition) is 1. The Morgan fingerprint density at radius 3 is 1.58 bits per heavy atom. The van der Waals surface area contributed by atoms with Gasteiger partial charge in [0.1, 0.15) is 11.7 Å². The maximum Gasteiger partial charge on any atom is 0.134 e. The number of ether oxygens (including phenoxy) is 1. The summed E-state index contributed by atoms with van der Waals surface area (Å²) in [4.78, 5) is 0. The minimum atomic E-state index is -0.519. The lowest BCUT2D eigenvalue weighted by Crippen LogP contribution is -1.97. The van der Waals surface area contributed by atoms with Gasteiger partial charge in [0.15, 0.2) is 0 Å². The molecule has 0 saturated heterocycles. The Kier molecular flexibility index (Phi) is 9.49. The lowest BCUT2D eigenvalue weighted by atomic mass is 10.2. The van der Waals surface area contributed by atoms with E-state index in [1.54, 1.807) is 0 Å². The number of halogens is 2. The zero-order valence-electron chi connectivity index (χ0n) is 11.9. The normalized spacial score (nSPS) is 12.0. The van der Waals surface area contributed by atoms with Gasteiger partial charge in [-0.05, 0) is 0 Å². The van der Waals surface area contributed by atoms with Crippen LogP contribution in [-0.2, 0) is 4.74 Å². The molecule has 0 atom stereocenters. The summed E-state index contributed by atoms with van der Waals surface area (Å²) in [6, 6.07) is 0. The summed E-state index contributed by atoms with van der Waals surface area (Å²) in [5.74, 6) is 10.1.